The summed E-state index contributed by atoms with van der Waals surface area (Å²) in [7, 11) is -4.01. The number of nitrogens with zero attached hydrogens (tertiary/aromatic N) is 1. The normalized spacial score (nSPS) is 21.6. The maximum Gasteiger partial charge on any atom is 0.247 e. The number of rotatable bonds is 2. The van der Waals surface area contributed by atoms with Gasteiger partial charge in [0.1, 0.15) is 16.5 Å². The lowest BCUT2D eigenvalue weighted by Crippen LogP contribution is -2.45. The first kappa shape index (κ1) is 14.8. The molecule has 0 radical (unpaired) electrons. The molecule has 1 fully saturated rings. The molecule has 1 aromatic rings. The molecule has 0 bridgehead atoms. The highest BCUT2D eigenvalue weighted by Gasteiger charge is 2.33. The average Bonchev–Trinajstić information content (AvgIpc) is 2.26. The van der Waals surface area contributed by atoms with Crippen LogP contribution in [0.25, 0.3) is 0 Å². The van der Waals surface area contributed by atoms with Gasteiger partial charge in [-0.3, -0.25) is 0 Å². The van der Waals surface area contributed by atoms with Crippen LogP contribution in [0.15, 0.2) is 21.5 Å². The molecular formula is C11H13BrF2N2O2S. The quantitative estimate of drug-likeness (QED) is 0.881. The Kier molecular flexibility index (Phi) is 4.24. The van der Waals surface area contributed by atoms with Gasteiger partial charge in [-0.25, -0.2) is 17.2 Å². The van der Waals surface area contributed by atoms with Crippen molar-refractivity contribution >= 4 is 26.0 Å². The van der Waals surface area contributed by atoms with E-state index in [0.717, 1.165) is 16.8 Å². The van der Waals surface area contributed by atoms with Gasteiger partial charge in [0.05, 0.1) is 0 Å². The summed E-state index contributed by atoms with van der Waals surface area (Å²) in [6.07, 6.45) is 1.36. The zero-order chi connectivity index (χ0) is 14.2. The van der Waals surface area contributed by atoms with E-state index in [1.165, 1.54) is 0 Å². The van der Waals surface area contributed by atoms with Crippen LogP contribution in [0.1, 0.15) is 12.8 Å². The lowest BCUT2D eigenvalue weighted by Gasteiger charge is -2.30. The van der Waals surface area contributed by atoms with Gasteiger partial charge in [0.15, 0.2) is 0 Å². The van der Waals surface area contributed by atoms with E-state index in [1.807, 2.05) is 0 Å². The zero-order valence-corrected chi connectivity index (χ0v) is 12.3. The molecular weight excluding hydrogens is 342 g/mol. The first-order valence-corrected chi connectivity index (χ1v) is 7.96. The van der Waals surface area contributed by atoms with E-state index in [9.17, 15) is 17.2 Å². The van der Waals surface area contributed by atoms with Crippen LogP contribution in [0.2, 0.25) is 0 Å². The Bertz CT molecular complexity index is 571. The summed E-state index contributed by atoms with van der Waals surface area (Å²) in [5.41, 5.74) is 5.73. The number of benzene rings is 1. The van der Waals surface area contributed by atoms with E-state index < -0.39 is 26.6 Å². The van der Waals surface area contributed by atoms with Crippen molar-refractivity contribution in [2.75, 3.05) is 13.1 Å². The second-order valence-electron chi connectivity index (χ2n) is 4.46. The van der Waals surface area contributed by atoms with Crippen LogP contribution < -0.4 is 5.73 Å². The predicted octanol–water partition coefficient (Wildman–Crippen LogP) is 1.84. The fourth-order valence-electron chi connectivity index (χ4n) is 2.10. The summed E-state index contributed by atoms with van der Waals surface area (Å²) < 4.78 is 52.5. The second kappa shape index (κ2) is 5.43. The van der Waals surface area contributed by atoms with Crippen molar-refractivity contribution in [1.82, 2.24) is 4.31 Å². The van der Waals surface area contributed by atoms with Crippen molar-refractivity contribution < 1.29 is 17.2 Å². The first-order chi connectivity index (χ1) is 8.82. The Hall–Kier alpha value is -0.570. The average molecular weight is 355 g/mol. The lowest BCUT2D eigenvalue weighted by atomic mass is 10.1. The first-order valence-electron chi connectivity index (χ1n) is 5.72. The lowest BCUT2D eigenvalue weighted by molar-refractivity contribution is 0.314. The van der Waals surface area contributed by atoms with Crippen molar-refractivity contribution in [3.05, 3.63) is 28.2 Å². The van der Waals surface area contributed by atoms with Crippen LogP contribution in [0.4, 0.5) is 8.78 Å². The highest BCUT2D eigenvalue weighted by Crippen LogP contribution is 2.30. The van der Waals surface area contributed by atoms with E-state index in [0.29, 0.717) is 19.0 Å². The van der Waals surface area contributed by atoms with E-state index in [1.54, 1.807) is 0 Å². The van der Waals surface area contributed by atoms with Crippen molar-refractivity contribution in [2.45, 2.75) is 23.8 Å². The molecule has 0 aliphatic carbocycles. The molecule has 8 heteroatoms. The van der Waals surface area contributed by atoms with Gasteiger partial charge >= 0.3 is 0 Å². The van der Waals surface area contributed by atoms with E-state index in [4.69, 9.17) is 5.73 Å². The van der Waals surface area contributed by atoms with E-state index in [-0.39, 0.29) is 17.1 Å². The molecule has 2 N–H and O–H groups in total. The third-order valence-corrected chi connectivity index (χ3v) is 5.81. The minimum atomic E-state index is -4.01. The number of sulfonamides is 1. The summed E-state index contributed by atoms with van der Waals surface area (Å²) in [5.74, 6) is -1.94. The highest BCUT2D eigenvalue weighted by atomic mass is 79.9. The van der Waals surface area contributed by atoms with Crippen molar-refractivity contribution in [3.63, 3.8) is 0 Å². The van der Waals surface area contributed by atoms with Crippen molar-refractivity contribution in [1.29, 1.82) is 0 Å². The Balaban J connectivity index is 2.45. The molecule has 0 aromatic heterocycles. The van der Waals surface area contributed by atoms with Gasteiger partial charge in [-0.2, -0.15) is 4.31 Å². The molecule has 1 saturated heterocycles. The minimum Gasteiger partial charge on any atom is -0.327 e. The smallest absolute Gasteiger partial charge is 0.247 e. The van der Waals surface area contributed by atoms with Gasteiger partial charge < -0.3 is 5.73 Å². The van der Waals surface area contributed by atoms with Gasteiger partial charge in [-0.05, 0) is 34.8 Å². The fraction of sp³-hybridized carbons (Fsp3) is 0.455. The summed E-state index contributed by atoms with van der Waals surface area (Å²) in [6, 6.07) is 1.23. The molecule has 0 spiro atoms. The molecule has 1 atom stereocenters. The molecule has 1 aromatic carbocycles. The summed E-state index contributed by atoms with van der Waals surface area (Å²) in [5, 5.41) is 0. The van der Waals surface area contributed by atoms with Crippen LogP contribution in [-0.4, -0.2) is 31.9 Å². The van der Waals surface area contributed by atoms with Gasteiger partial charge in [0, 0.05) is 29.7 Å². The molecule has 19 heavy (non-hydrogen) atoms. The second-order valence-corrected chi connectivity index (χ2v) is 7.19. The molecule has 0 amide bonds. The molecule has 4 nitrogen and oxygen atoms in total. The fourth-order valence-corrected chi connectivity index (χ4v) is 4.74. The minimum absolute atomic E-state index is 0.121. The Labute approximate surface area is 118 Å². The highest BCUT2D eigenvalue weighted by molar-refractivity contribution is 9.10. The third kappa shape index (κ3) is 2.96. The standard InChI is InChI=1S/C11H13BrF2N2O2S/c12-9-4-7(13)5-10(14)11(9)19(17,18)16-3-1-2-8(15)6-16/h4-5,8H,1-3,6,15H2. The number of nitrogens with two attached hydrogens (primary N) is 1. The van der Waals surface area contributed by atoms with Gasteiger partial charge in [0.25, 0.3) is 0 Å². The molecule has 2 rings (SSSR count). The summed E-state index contributed by atoms with van der Waals surface area (Å²) in [4.78, 5) is -0.539. The Morgan fingerprint density at radius 1 is 1.37 bits per heavy atom. The topological polar surface area (TPSA) is 63.4 Å². The number of halogens is 3. The van der Waals surface area contributed by atoms with Gasteiger partial charge in [-0.1, -0.05) is 0 Å². The van der Waals surface area contributed by atoms with E-state index >= 15 is 0 Å². The third-order valence-electron chi connectivity index (χ3n) is 2.98. The largest absolute Gasteiger partial charge is 0.327 e. The van der Waals surface area contributed by atoms with Crippen LogP contribution in [-0.2, 0) is 10.0 Å². The maximum atomic E-state index is 13.8. The number of piperidine rings is 1. The number of hydrogen-bond donors (Lipinski definition) is 1. The van der Waals surface area contributed by atoms with Crippen molar-refractivity contribution in [2.24, 2.45) is 5.73 Å². The van der Waals surface area contributed by atoms with Crippen molar-refractivity contribution in [3.8, 4) is 0 Å². The Morgan fingerprint density at radius 3 is 2.63 bits per heavy atom. The molecule has 1 heterocycles. The van der Waals surface area contributed by atoms with E-state index in [2.05, 4.69) is 15.9 Å². The molecule has 1 aliphatic heterocycles. The number of hydrogen-bond acceptors (Lipinski definition) is 3. The maximum absolute atomic E-state index is 13.8. The van der Waals surface area contributed by atoms with Crippen LogP contribution >= 0.6 is 15.9 Å². The monoisotopic (exact) mass is 354 g/mol. The molecule has 1 unspecified atom stereocenters. The predicted molar refractivity (Wildman–Crippen MR) is 70.0 cm³/mol. The summed E-state index contributed by atoms with van der Waals surface area (Å²) >= 11 is 2.90. The molecule has 1 aliphatic rings. The molecule has 106 valence electrons. The van der Waals surface area contributed by atoms with Crippen LogP contribution in [0.5, 0.6) is 0 Å². The zero-order valence-electron chi connectivity index (χ0n) is 9.94. The SMILES string of the molecule is NC1CCCN(S(=O)(=O)c2c(F)cc(F)cc2Br)C1. The molecule has 0 saturated carbocycles. The van der Waals surface area contributed by atoms with Crippen LogP contribution in [0.3, 0.4) is 0 Å². The summed E-state index contributed by atoms with van der Waals surface area (Å²) in [6.45, 7) is 0.435. The Morgan fingerprint density at radius 2 is 2.05 bits per heavy atom. The van der Waals surface area contributed by atoms with Gasteiger partial charge in [0.2, 0.25) is 10.0 Å². The van der Waals surface area contributed by atoms with Crippen LogP contribution in [0, 0.1) is 11.6 Å². The van der Waals surface area contributed by atoms with Gasteiger partial charge in [-0.15, -0.1) is 0 Å².